The Labute approximate surface area is 168 Å². The lowest BCUT2D eigenvalue weighted by Gasteiger charge is -2.28. The Kier molecular flexibility index (Phi) is 4.70. The largest absolute Gasteiger partial charge is 0.326 e. The number of nitrogens with one attached hydrogen (secondary N) is 1. The van der Waals surface area contributed by atoms with E-state index in [0.717, 1.165) is 22.4 Å². The minimum absolute atomic E-state index is 0.0515. The summed E-state index contributed by atoms with van der Waals surface area (Å²) in [6.07, 6.45) is 0. The van der Waals surface area contributed by atoms with Gasteiger partial charge in [0, 0.05) is 27.7 Å². The fourth-order valence-electron chi connectivity index (χ4n) is 3.64. The lowest BCUT2D eigenvalue weighted by molar-refractivity contribution is 0.0722. The molecule has 3 aromatic rings. The molecule has 0 spiro atoms. The SMILES string of the molecule is CC(C)CN1C(=O)c2[nH]nc(-c3ccccc3)c2C1c1ccc(Cl)cc1Cl. The predicted octanol–water partition coefficient (Wildman–Crippen LogP) is 5.58. The van der Waals surface area contributed by atoms with Crippen LogP contribution in [0.25, 0.3) is 11.3 Å². The fraction of sp³-hybridized carbons (Fsp3) is 0.238. The van der Waals surface area contributed by atoms with E-state index >= 15 is 0 Å². The van der Waals surface area contributed by atoms with Crippen LogP contribution in [0.2, 0.25) is 10.0 Å². The van der Waals surface area contributed by atoms with Gasteiger partial charge in [-0.3, -0.25) is 9.89 Å². The lowest BCUT2D eigenvalue weighted by atomic mass is 9.95. The molecular formula is C21H19Cl2N3O. The molecule has 2 heterocycles. The first-order valence-corrected chi connectivity index (χ1v) is 9.62. The number of benzene rings is 2. The maximum absolute atomic E-state index is 13.1. The Morgan fingerprint density at radius 2 is 1.89 bits per heavy atom. The molecule has 1 atom stereocenters. The molecule has 0 fully saturated rings. The number of amides is 1. The highest BCUT2D eigenvalue weighted by Gasteiger charge is 2.42. The van der Waals surface area contributed by atoms with Gasteiger partial charge in [0.25, 0.3) is 5.91 Å². The van der Waals surface area contributed by atoms with Crippen molar-refractivity contribution in [1.82, 2.24) is 15.1 Å². The van der Waals surface area contributed by atoms with E-state index in [2.05, 4.69) is 24.0 Å². The Balaban J connectivity index is 1.92. The van der Waals surface area contributed by atoms with E-state index in [1.165, 1.54) is 0 Å². The second-order valence-electron chi connectivity index (χ2n) is 7.15. The van der Waals surface area contributed by atoms with Gasteiger partial charge in [0.05, 0.1) is 11.7 Å². The summed E-state index contributed by atoms with van der Waals surface area (Å²) >= 11 is 12.6. The van der Waals surface area contributed by atoms with Gasteiger partial charge in [-0.15, -0.1) is 0 Å². The Morgan fingerprint density at radius 1 is 1.15 bits per heavy atom. The van der Waals surface area contributed by atoms with Crippen molar-refractivity contribution in [3.63, 3.8) is 0 Å². The number of aromatic nitrogens is 2. The molecule has 0 saturated heterocycles. The van der Waals surface area contributed by atoms with Crippen molar-refractivity contribution in [3.8, 4) is 11.3 Å². The highest BCUT2D eigenvalue weighted by Crippen LogP contribution is 2.45. The maximum Gasteiger partial charge on any atom is 0.273 e. The molecule has 1 N–H and O–H groups in total. The van der Waals surface area contributed by atoms with Gasteiger partial charge < -0.3 is 4.90 Å². The van der Waals surface area contributed by atoms with Gasteiger partial charge in [-0.1, -0.05) is 73.4 Å². The lowest BCUT2D eigenvalue weighted by Crippen LogP contribution is -2.33. The van der Waals surface area contributed by atoms with Gasteiger partial charge in [-0.2, -0.15) is 5.10 Å². The van der Waals surface area contributed by atoms with Crippen LogP contribution in [-0.4, -0.2) is 27.5 Å². The average Bonchev–Trinajstić information content (AvgIpc) is 3.17. The van der Waals surface area contributed by atoms with E-state index in [0.29, 0.717) is 28.2 Å². The molecule has 0 aliphatic carbocycles. The van der Waals surface area contributed by atoms with Crippen LogP contribution in [0.1, 0.15) is 41.5 Å². The Hall–Kier alpha value is -2.30. The number of hydrogen-bond acceptors (Lipinski definition) is 2. The maximum atomic E-state index is 13.1. The second-order valence-corrected chi connectivity index (χ2v) is 7.99. The van der Waals surface area contributed by atoms with Crippen molar-refractivity contribution < 1.29 is 4.79 Å². The summed E-state index contributed by atoms with van der Waals surface area (Å²) in [6, 6.07) is 15.0. The monoisotopic (exact) mass is 399 g/mol. The topological polar surface area (TPSA) is 49.0 Å². The van der Waals surface area contributed by atoms with Gasteiger partial charge in [-0.25, -0.2) is 0 Å². The molecule has 1 aliphatic heterocycles. The van der Waals surface area contributed by atoms with Gasteiger partial charge >= 0.3 is 0 Å². The zero-order valence-corrected chi connectivity index (χ0v) is 16.6. The molecule has 0 bridgehead atoms. The first kappa shape index (κ1) is 18.1. The van der Waals surface area contributed by atoms with Gasteiger partial charge in [0.2, 0.25) is 0 Å². The second kappa shape index (κ2) is 7.02. The summed E-state index contributed by atoms with van der Waals surface area (Å²) in [7, 11) is 0. The van der Waals surface area contributed by atoms with Crippen molar-refractivity contribution >= 4 is 29.1 Å². The number of fused-ring (bicyclic) bond motifs is 1. The zero-order valence-electron chi connectivity index (χ0n) is 15.0. The van der Waals surface area contributed by atoms with Gasteiger partial charge in [-0.05, 0) is 23.6 Å². The number of hydrogen-bond donors (Lipinski definition) is 1. The summed E-state index contributed by atoms with van der Waals surface area (Å²) in [4.78, 5) is 15.0. The van der Waals surface area contributed by atoms with Gasteiger partial charge in [0.15, 0.2) is 0 Å². The van der Waals surface area contributed by atoms with Crippen LogP contribution < -0.4 is 0 Å². The molecular weight excluding hydrogens is 381 g/mol. The first-order chi connectivity index (χ1) is 13.0. The number of nitrogens with zero attached hydrogens (tertiary/aromatic N) is 2. The van der Waals surface area contributed by atoms with Crippen LogP contribution in [0.4, 0.5) is 0 Å². The highest BCUT2D eigenvalue weighted by molar-refractivity contribution is 6.35. The molecule has 1 aliphatic rings. The molecule has 1 unspecified atom stereocenters. The number of aromatic amines is 1. The summed E-state index contributed by atoms with van der Waals surface area (Å²) < 4.78 is 0. The Morgan fingerprint density at radius 3 is 2.56 bits per heavy atom. The van der Waals surface area contributed by atoms with Crippen molar-refractivity contribution in [2.24, 2.45) is 5.92 Å². The van der Waals surface area contributed by atoms with E-state index in [1.54, 1.807) is 12.1 Å². The third-order valence-electron chi connectivity index (χ3n) is 4.73. The van der Waals surface area contributed by atoms with Crippen LogP contribution in [0, 0.1) is 5.92 Å². The van der Waals surface area contributed by atoms with Crippen molar-refractivity contribution in [3.05, 3.63) is 75.4 Å². The minimum Gasteiger partial charge on any atom is -0.326 e. The molecule has 2 aromatic carbocycles. The number of halogens is 2. The van der Waals surface area contributed by atoms with Crippen LogP contribution in [0.3, 0.4) is 0 Å². The number of carbonyl (C=O) groups is 1. The average molecular weight is 400 g/mol. The normalized spacial score (nSPS) is 16.3. The first-order valence-electron chi connectivity index (χ1n) is 8.87. The Bertz CT molecular complexity index is 998. The minimum atomic E-state index is -0.298. The summed E-state index contributed by atoms with van der Waals surface area (Å²) in [5, 5.41) is 8.52. The zero-order chi connectivity index (χ0) is 19.1. The molecule has 0 radical (unpaired) electrons. The number of carbonyl (C=O) groups excluding carboxylic acids is 1. The smallest absolute Gasteiger partial charge is 0.273 e. The van der Waals surface area contributed by atoms with Crippen LogP contribution in [0.5, 0.6) is 0 Å². The molecule has 4 rings (SSSR count). The number of H-pyrrole nitrogens is 1. The highest BCUT2D eigenvalue weighted by atomic mass is 35.5. The predicted molar refractivity (Wildman–Crippen MR) is 108 cm³/mol. The molecule has 1 amide bonds. The van der Waals surface area contributed by atoms with Gasteiger partial charge in [0.1, 0.15) is 5.69 Å². The quantitative estimate of drug-likeness (QED) is 0.621. The van der Waals surface area contributed by atoms with Crippen LogP contribution >= 0.6 is 23.2 Å². The third kappa shape index (κ3) is 3.13. The standard InChI is InChI=1S/C21H19Cl2N3O/c1-12(2)11-26-20(15-9-8-14(22)10-16(15)23)17-18(13-6-4-3-5-7-13)24-25-19(17)21(26)27/h3-10,12,20H,11H2,1-2H3,(H,24,25). The molecule has 4 nitrogen and oxygen atoms in total. The van der Waals surface area contributed by atoms with Crippen molar-refractivity contribution in [1.29, 1.82) is 0 Å². The van der Waals surface area contributed by atoms with Crippen LogP contribution in [0.15, 0.2) is 48.5 Å². The van der Waals surface area contributed by atoms with E-state index < -0.39 is 0 Å². The molecule has 6 heteroatoms. The van der Waals surface area contributed by atoms with E-state index in [4.69, 9.17) is 23.2 Å². The van der Waals surface area contributed by atoms with E-state index in [9.17, 15) is 4.79 Å². The molecule has 0 saturated carbocycles. The summed E-state index contributed by atoms with van der Waals surface area (Å²) in [5.74, 6) is 0.268. The van der Waals surface area contributed by atoms with E-state index in [1.807, 2.05) is 41.3 Å². The van der Waals surface area contributed by atoms with Crippen molar-refractivity contribution in [2.75, 3.05) is 6.54 Å². The summed E-state index contributed by atoms with van der Waals surface area (Å²) in [6.45, 7) is 4.81. The fourth-order valence-corrected chi connectivity index (χ4v) is 4.15. The van der Waals surface area contributed by atoms with E-state index in [-0.39, 0.29) is 11.9 Å². The molecule has 1 aromatic heterocycles. The summed E-state index contributed by atoms with van der Waals surface area (Å²) in [5.41, 5.74) is 4.00. The molecule has 138 valence electrons. The van der Waals surface area contributed by atoms with Crippen molar-refractivity contribution in [2.45, 2.75) is 19.9 Å². The van der Waals surface area contributed by atoms with Crippen LogP contribution in [-0.2, 0) is 0 Å². The third-order valence-corrected chi connectivity index (χ3v) is 5.29. The molecule has 27 heavy (non-hydrogen) atoms. The number of rotatable bonds is 4.